The third-order valence-electron chi connectivity index (χ3n) is 3.61. The molecule has 3 rings (SSSR count). The van der Waals surface area contributed by atoms with E-state index in [0.29, 0.717) is 6.42 Å². The molecule has 0 amide bonds. The van der Waals surface area contributed by atoms with Crippen LogP contribution in [0, 0.1) is 0 Å². The van der Waals surface area contributed by atoms with Gasteiger partial charge in [-0.1, -0.05) is 11.6 Å². The molecule has 1 N–H and O–H groups in total. The fraction of sp³-hybridized carbons (Fsp3) is 0.250. The minimum absolute atomic E-state index is 0.0642. The number of alkyl halides is 3. The van der Waals surface area contributed by atoms with Crippen LogP contribution in [0.4, 0.5) is 18.9 Å². The number of aromatic nitrogens is 1. The second-order valence-electron chi connectivity index (χ2n) is 5.70. The van der Waals surface area contributed by atoms with Crippen LogP contribution in [0.5, 0.6) is 11.6 Å². The fourth-order valence-corrected chi connectivity index (χ4v) is 3.90. The van der Waals surface area contributed by atoms with Crippen molar-refractivity contribution >= 4 is 33.1 Å². The third-order valence-corrected chi connectivity index (χ3v) is 5.25. The third kappa shape index (κ3) is 4.65. The quantitative estimate of drug-likeness (QED) is 0.783. The number of carbonyl (C=O) groups excluding carboxylic acids is 1. The van der Waals surface area contributed by atoms with E-state index in [0.717, 1.165) is 24.4 Å². The first-order valence-electron chi connectivity index (χ1n) is 7.79. The van der Waals surface area contributed by atoms with Crippen molar-refractivity contribution < 1.29 is 35.9 Å². The highest BCUT2D eigenvalue weighted by Crippen LogP contribution is 2.33. The van der Waals surface area contributed by atoms with Crippen molar-refractivity contribution in [3.8, 4) is 11.6 Å². The fourth-order valence-electron chi connectivity index (χ4n) is 2.47. The molecule has 0 saturated carbocycles. The zero-order valence-corrected chi connectivity index (χ0v) is 15.5. The Balaban J connectivity index is 1.97. The van der Waals surface area contributed by atoms with Crippen LogP contribution in [0.1, 0.15) is 23.2 Å². The molecule has 1 aliphatic heterocycles. The summed E-state index contributed by atoms with van der Waals surface area (Å²) < 4.78 is 74.1. The highest BCUT2D eigenvalue weighted by atomic mass is 35.5. The molecule has 0 spiro atoms. The van der Waals surface area contributed by atoms with Crippen LogP contribution >= 0.6 is 11.6 Å². The van der Waals surface area contributed by atoms with Gasteiger partial charge in [-0.15, -0.1) is 13.2 Å². The smallest absolute Gasteiger partial charge is 0.477 e. The lowest BCUT2D eigenvalue weighted by Crippen LogP contribution is -2.21. The number of nitrogens with zero attached hydrogens (tertiary/aromatic N) is 1. The molecule has 0 saturated heterocycles. The molecule has 7 nitrogen and oxygen atoms in total. The minimum atomic E-state index is -5.10. The van der Waals surface area contributed by atoms with E-state index in [4.69, 9.17) is 16.3 Å². The Hall–Kier alpha value is -2.53. The predicted molar refractivity (Wildman–Crippen MR) is 92.2 cm³/mol. The van der Waals surface area contributed by atoms with Crippen molar-refractivity contribution in [2.24, 2.45) is 0 Å². The first kappa shape index (κ1) is 20.2. The molecule has 0 bridgehead atoms. The average molecular weight is 437 g/mol. The number of rotatable bonds is 4. The lowest BCUT2D eigenvalue weighted by Gasteiger charge is -2.15. The predicted octanol–water partition coefficient (Wildman–Crippen LogP) is 3.79. The summed E-state index contributed by atoms with van der Waals surface area (Å²) in [6.45, 7) is 0.289. The first-order chi connectivity index (χ1) is 13.0. The van der Waals surface area contributed by atoms with Gasteiger partial charge in [0.1, 0.15) is 10.6 Å². The Bertz CT molecular complexity index is 1030. The molecule has 1 aromatic carbocycles. The molecule has 0 unspecified atom stereocenters. The molecule has 2 aromatic rings. The summed E-state index contributed by atoms with van der Waals surface area (Å²) in [5.41, 5.74) is -0.0499. The highest BCUT2D eigenvalue weighted by molar-refractivity contribution is 7.92. The number of sulfonamides is 1. The van der Waals surface area contributed by atoms with Crippen molar-refractivity contribution in [2.45, 2.75) is 24.1 Å². The molecule has 0 aliphatic carbocycles. The summed E-state index contributed by atoms with van der Waals surface area (Å²) >= 11 is 5.73. The van der Waals surface area contributed by atoms with Crippen molar-refractivity contribution in [3.63, 3.8) is 0 Å². The van der Waals surface area contributed by atoms with Crippen molar-refractivity contribution in [1.82, 2.24) is 4.98 Å². The van der Waals surface area contributed by atoms with Crippen molar-refractivity contribution in [3.05, 3.63) is 41.0 Å². The van der Waals surface area contributed by atoms with E-state index in [9.17, 15) is 26.4 Å². The van der Waals surface area contributed by atoms with Gasteiger partial charge in [-0.2, -0.15) is 0 Å². The van der Waals surface area contributed by atoms with Crippen LogP contribution < -0.4 is 14.2 Å². The molecular weight excluding hydrogens is 425 g/mol. The van der Waals surface area contributed by atoms with E-state index in [1.54, 1.807) is 0 Å². The van der Waals surface area contributed by atoms with Crippen LogP contribution in [0.25, 0.3) is 0 Å². The zero-order chi connectivity index (χ0) is 20.5. The standard InChI is InChI=1S/C16H12ClF3N2O5S/c17-9-3-4-13(27-16(18,19)20)14(6-9)28(24,25)22-10-7-11-12(23)2-1-5-26-15(11)21-8-10/h3-4,6-8,22H,1-2,5H2. The Morgan fingerprint density at radius 2 is 2.00 bits per heavy atom. The number of hydrogen-bond acceptors (Lipinski definition) is 6. The monoisotopic (exact) mass is 436 g/mol. The van der Waals surface area contributed by atoms with Crippen molar-refractivity contribution in [1.29, 1.82) is 0 Å². The van der Waals surface area contributed by atoms with Crippen molar-refractivity contribution in [2.75, 3.05) is 11.3 Å². The first-order valence-corrected chi connectivity index (χ1v) is 9.65. The number of carbonyl (C=O) groups is 1. The molecule has 150 valence electrons. The lowest BCUT2D eigenvalue weighted by atomic mass is 10.1. The number of nitrogens with one attached hydrogen (secondary N) is 1. The van der Waals surface area contributed by atoms with E-state index < -0.39 is 27.0 Å². The minimum Gasteiger partial charge on any atom is -0.477 e. The average Bonchev–Trinajstić information content (AvgIpc) is 2.77. The number of benzene rings is 1. The van der Waals surface area contributed by atoms with Gasteiger partial charge in [0.25, 0.3) is 10.0 Å². The molecule has 0 fully saturated rings. The van der Waals surface area contributed by atoms with Gasteiger partial charge in [-0.05, 0) is 30.7 Å². The maximum atomic E-state index is 12.6. The molecular formula is C16H12ClF3N2O5S. The van der Waals surface area contributed by atoms with Gasteiger partial charge in [-0.25, -0.2) is 13.4 Å². The maximum Gasteiger partial charge on any atom is 0.573 e. The van der Waals surface area contributed by atoms with Gasteiger partial charge in [0.05, 0.1) is 24.1 Å². The van der Waals surface area contributed by atoms with E-state index in [1.165, 1.54) is 6.07 Å². The molecule has 28 heavy (non-hydrogen) atoms. The SMILES string of the molecule is O=C1CCCOc2ncc(NS(=O)(=O)c3cc(Cl)ccc3OC(F)(F)F)cc21. The van der Waals surface area contributed by atoms with Gasteiger partial charge >= 0.3 is 6.36 Å². The number of anilines is 1. The molecule has 0 atom stereocenters. The second-order valence-corrected chi connectivity index (χ2v) is 7.78. The summed E-state index contributed by atoms with van der Waals surface area (Å²) in [5, 5.41) is -0.112. The number of hydrogen-bond donors (Lipinski definition) is 1. The zero-order valence-electron chi connectivity index (χ0n) is 13.9. The van der Waals surface area contributed by atoms with Gasteiger partial charge in [-0.3, -0.25) is 9.52 Å². The topological polar surface area (TPSA) is 94.6 Å². The highest BCUT2D eigenvalue weighted by Gasteiger charge is 2.34. The summed E-state index contributed by atoms with van der Waals surface area (Å²) in [6.07, 6.45) is -3.34. The van der Waals surface area contributed by atoms with E-state index >= 15 is 0 Å². The largest absolute Gasteiger partial charge is 0.573 e. The van der Waals surface area contributed by atoms with E-state index in [1.807, 2.05) is 0 Å². The number of ketones is 1. The summed E-state index contributed by atoms with van der Waals surface area (Å²) in [5.74, 6) is -1.18. The number of fused-ring (bicyclic) bond motifs is 1. The van der Waals surface area contributed by atoms with Gasteiger partial charge < -0.3 is 9.47 Å². The molecule has 1 aliphatic rings. The number of halogens is 4. The molecule has 1 aromatic heterocycles. The van der Waals surface area contributed by atoms with Crippen LogP contribution in [0.2, 0.25) is 5.02 Å². The Morgan fingerprint density at radius 1 is 1.25 bits per heavy atom. The molecule has 12 heteroatoms. The Kier molecular flexibility index (Phi) is 5.39. The second kappa shape index (κ2) is 7.47. The van der Waals surface area contributed by atoms with Gasteiger partial charge in [0.2, 0.25) is 5.88 Å². The Labute approximate surface area is 162 Å². The number of Topliss-reactive ketones (excluding diaryl/α,β-unsaturated/α-hetero) is 1. The van der Waals surface area contributed by atoms with Crippen LogP contribution in [0.15, 0.2) is 35.4 Å². The summed E-state index contributed by atoms with van der Waals surface area (Å²) in [7, 11) is -4.54. The Morgan fingerprint density at radius 3 is 2.71 bits per heavy atom. The van der Waals surface area contributed by atoms with Crippen LogP contribution in [-0.2, 0) is 10.0 Å². The van der Waals surface area contributed by atoms with Gasteiger partial charge in [0.15, 0.2) is 5.78 Å². The van der Waals surface area contributed by atoms with E-state index in [-0.39, 0.29) is 41.0 Å². The number of pyridine rings is 1. The van der Waals surface area contributed by atoms with Crippen LogP contribution in [-0.4, -0.2) is 32.2 Å². The van der Waals surface area contributed by atoms with Crippen LogP contribution in [0.3, 0.4) is 0 Å². The number of ether oxygens (including phenoxy) is 2. The maximum absolute atomic E-state index is 12.6. The lowest BCUT2D eigenvalue weighted by molar-refractivity contribution is -0.275. The van der Waals surface area contributed by atoms with Gasteiger partial charge in [0, 0.05) is 11.4 Å². The summed E-state index contributed by atoms with van der Waals surface area (Å²) in [6, 6.07) is 3.87. The molecule has 0 radical (unpaired) electrons. The summed E-state index contributed by atoms with van der Waals surface area (Å²) in [4.78, 5) is 15.2. The van der Waals surface area contributed by atoms with E-state index in [2.05, 4.69) is 14.4 Å². The molecule has 2 heterocycles. The normalized spacial score (nSPS) is 14.6.